The fraction of sp³-hybridized carbons (Fsp3) is 0.417. The van der Waals surface area contributed by atoms with Gasteiger partial charge < -0.3 is 10.2 Å². The molecule has 1 aliphatic heterocycles. The van der Waals surface area contributed by atoms with Gasteiger partial charge in [-0.2, -0.15) is 0 Å². The number of rotatable bonds is 1. The lowest BCUT2D eigenvalue weighted by molar-refractivity contribution is 0.200. The van der Waals surface area contributed by atoms with Crippen LogP contribution < -0.4 is 5.32 Å². The van der Waals surface area contributed by atoms with Crippen LogP contribution in [0, 0.1) is 0 Å². The van der Waals surface area contributed by atoms with Crippen molar-refractivity contribution in [1.29, 1.82) is 0 Å². The SMILES string of the molecule is O=C(Nc1cc(Cl)ccc1Cl)N1CCCCC1. The minimum Gasteiger partial charge on any atom is -0.325 e. The standard InChI is InChI=1S/C12H14Cl2N2O/c13-9-4-5-10(14)11(8-9)15-12(17)16-6-2-1-3-7-16/h4-5,8H,1-3,6-7H2,(H,15,17). The van der Waals surface area contributed by atoms with E-state index in [0.29, 0.717) is 15.7 Å². The molecule has 1 heterocycles. The number of likely N-dealkylation sites (tertiary alicyclic amines) is 1. The Bertz CT molecular complexity index is 417. The van der Waals surface area contributed by atoms with E-state index in [0.717, 1.165) is 25.9 Å². The topological polar surface area (TPSA) is 32.3 Å². The van der Waals surface area contributed by atoms with Crippen LogP contribution in [0.1, 0.15) is 19.3 Å². The van der Waals surface area contributed by atoms with Crippen molar-refractivity contribution >= 4 is 34.9 Å². The zero-order chi connectivity index (χ0) is 12.3. The lowest BCUT2D eigenvalue weighted by Crippen LogP contribution is -2.38. The Kier molecular flexibility index (Phi) is 4.13. The maximum atomic E-state index is 11.9. The molecule has 5 heteroatoms. The van der Waals surface area contributed by atoms with Crippen LogP contribution in [0.3, 0.4) is 0 Å². The molecule has 17 heavy (non-hydrogen) atoms. The van der Waals surface area contributed by atoms with Crippen molar-refractivity contribution in [2.24, 2.45) is 0 Å². The van der Waals surface area contributed by atoms with Crippen LogP contribution in [0.5, 0.6) is 0 Å². The second-order valence-electron chi connectivity index (χ2n) is 4.10. The molecule has 1 aliphatic rings. The van der Waals surface area contributed by atoms with Gasteiger partial charge in [0.1, 0.15) is 0 Å². The molecule has 92 valence electrons. The zero-order valence-corrected chi connectivity index (χ0v) is 10.9. The van der Waals surface area contributed by atoms with Crippen molar-refractivity contribution < 1.29 is 4.79 Å². The first kappa shape index (κ1) is 12.5. The summed E-state index contributed by atoms with van der Waals surface area (Å²) in [5, 5.41) is 3.85. The maximum Gasteiger partial charge on any atom is 0.321 e. The van der Waals surface area contributed by atoms with Gasteiger partial charge in [-0.1, -0.05) is 23.2 Å². The lowest BCUT2D eigenvalue weighted by Gasteiger charge is -2.27. The number of hydrogen-bond acceptors (Lipinski definition) is 1. The molecule has 1 aromatic rings. The Morgan fingerprint density at radius 3 is 2.59 bits per heavy atom. The molecule has 1 aromatic carbocycles. The minimum absolute atomic E-state index is 0.103. The summed E-state index contributed by atoms with van der Waals surface area (Å²) in [4.78, 5) is 13.8. The molecule has 0 atom stereocenters. The van der Waals surface area contributed by atoms with Crippen molar-refractivity contribution in [1.82, 2.24) is 4.90 Å². The molecule has 1 fully saturated rings. The highest BCUT2D eigenvalue weighted by molar-refractivity contribution is 6.35. The molecule has 0 aromatic heterocycles. The molecular weight excluding hydrogens is 259 g/mol. The molecule has 0 bridgehead atoms. The number of benzene rings is 1. The van der Waals surface area contributed by atoms with Crippen LogP contribution in [-0.2, 0) is 0 Å². The van der Waals surface area contributed by atoms with Crippen LogP contribution in [0.15, 0.2) is 18.2 Å². The molecule has 1 N–H and O–H groups in total. The monoisotopic (exact) mass is 272 g/mol. The molecule has 0 unspecified atom stereocenters. The second-order valence-corrected chi connectivity index (χ2v) is 4.95. The highest BCUT2D eigenvalue weighted by Crippen LogP contribution is 2.25. The van der Waals surface area contributed by atoms with E-state index in [9.17, 15) is 4.79 Å². The Morgan fingerprint density at radius 1 is 1.18 bits per heavy atom. The Morgan fingerprint density at radius 2 is 1.88 bits per heavy atom. The minimum atomic E-state index is -0.103. The van der Waals surface area contributed by atoms with Gasteiger partial charge in [-0.25, -0.2) is 4.79 Å². The van der Waals surface area contributed by atoms with Gasteiger partial charge in [-0.3, -0.25) is 0 Å². The van der Waals surface area contributed by atoms with Gasteiger partial charge in [-0.15, -0.1) is 0 Å². The number of halogens is 2. The van der Waals surface area contributed by atoms with E-state index in [1.54, 1.807) is 23.1 Å². The largest absolute Gasteiger partial charge is 0.325 e. The van der Waals surface area contributed by atoms with Gasteiger partial charge in [-0.05, 0) is 37.5 Å². The zero-order valence-electron chi connectivity index (χ0n) is 9.38. The number of piperidine rings is 1. The summed E-state index contributed by atoms with van der Waals surface area (Å²) >= 11 is 11.8. The number of nitrogens with zero attached hydrogens (tertiary/aromatic N) is 1. The highest BCUT2D eigenvalue weighted by atomic mass is 35.5. The van der Waals surface area contributed by atoms with Crippen molar-refractivity contribution in [3.8, 4) is 0 Å². The maximum absolute atomic E-state index is 11.9. The van der Waals surface area contributed by atoms with Crippen molar-refractivity contribution in [2.75, 3.05) is 18.4 Å². The quantitative estimate of drug-likeness (QED) is 0.823. The summed E-state index contributed by atoms with van der Waals surface area (Å²) in [7, 11) is 0. The van der Waals surface area contributed by atoms with E-state index in [1.807, 2.05) is 0 Å². The molecule has 2 rings (SSSR count). The van der Waals surface area contributed by atoms with Crippen LogP contribution in [0.2, 0.25) is 10.0 Å². The van der Waals surface area contributed by atoms with Crippen LogP contribution in [0.4, 0.5) is 10.5 Å². The fourth-order valence-corrected chi connectivity index (χ4v) is 2.22. The number of anilines is 1. The number of carbonyl (C=O) groups excluding carboxylic acids is 1. The number of urea groups is 1. The number of carbonyl (C=O) groups is 1. The Hall–Kier alpha value is -0.930. The third-order valence-electron chi connectivity index (χ3n) is 2.81. The predicted molar refractivity (Wildman–Crippen MR) is 70.9 cm³/mol. The Balaban J connectivity index is 2.04. The molecule has 0 saturated carbocycles. The molecule has 0 aliphatic carbocycles. The van der Waals surface area contributed by atoms with E-state index >= 15 is 0 Å². The van der Waals surface area contributed by atoms with Gasteiger partial charge in [0.2, 0.25) is 0 Å². The summed E-state index contributed by atoms with van der Waals surface area (Å²) in [6.07, 6.45) is 3.33. The highest BCUT2D eigenvalue weighted by Gasteiger charge is 2.17. The van der Waals surface area contributed by atoms with E-state index in [-0.39, 0.29) is 6.03 Å². The summed E-state index contributed by atoms with van der Waals surface area (Å²) in [6.45, 7) is 1.62. The molecule has 3 nitrogen and oxygen atoms in total. The number of amides is 2. The number of hydrogen-bond donors (Lipinski definition) is 1. The first-order chi connectivity index (χ1) is 8.16. The van der Waals surface area contributed by atoms with Gasteiger partial charge in [0, 0.05) is 18.1 Å². The van der Waals surface area contributed by atoms with E-state index in [1.165, 1.54) is 6.42 Å². The van der Waals surface area contributed by atoms with Crippen molar-refractivity contribution in [3.05, 3.63) is 28.2 Å². The molecule has 0 spiro atoms. The fourth-order valence-electron chi connectivity index (χ4n) is 1.88. The van der Waals surface area contributed by atoms with Gasteiger partial charge in [0.05, 0.1) is 10.7 Å². The lowest BCUT2D eigenvalue weighted by atomic mass is 10.1. The molecule has 2 amide bonds. The third-order valence-corrected chi connectivity index (χ3v) is 3.38. The summed E-state index contributed by atoms with van der Waals surface area (Å²) in [5.74, 6) is 0. The van der Waals surface area contributed by atoms with Crippen LogP contribution in [0.25, 0.3) is 0 Å². The number of nitrogens with one attached hydrogen (secondary N) is 1. The van der Waals surface area contributed by atoms with Gasteiger partial charge >= 0.3 is 6.03 Å². The second kappa shape index (κ2) is 5.61. The third kappa shape index (κ3) is 3.27. The van der Waals surface area contributed by atoms with Crippen molar-refractivity contribution in [2.45, 2.75) is 19.3 Å². The average Bonchev–Trinajstić information content (AvgIpc) is 2.35. The molecule has 0 radical (unpaired) electrons. The van der Waals surface area contributed by atoms with Gasteiger partial charge in [0.25, 0.3) is 0 Å². The van der Waals surface area contributed by atoms with Crippen LogP contribution in [-0.4, -0.2) is 24.0 Å². The van der Waals surface area contributed by atoms with Crippen LogP contribution >= 0.6 is 23.2 Å². The first-order valence-electron chi connectivity index (χ1n) is 5.68. The predicted octanol–water partition coefficient (Wildman–Crippen LogP) is 4.01. The smallest absolute Gasteiger partial charge is 0.321 e. The Labute approximate surface area is 111 Å². The molecular formula is C12H14Cl2N2O. The molecule has 1 saturated heterocycles. The van der Waals surface area contributed by atoms with Gasteiger partial charge in [0.15, 0.2) is 0 Å². The first-order valence-corrected chi connectivity index (χ1v) is 6.43. The van der Waals surface area contributed by atoms with E-state index in [4.69, 9.17) is 23.2 Å². The summed E-state index contributed by atoms with van der Waals surface area (Å²) in [5.41, 5.74) is 0.565. The summed E-state index contributed by atoms with van der Waals surface area (Å²) < 4.78 is 0. The average molecular weight is 273 g/mol. The van der Waals surface area contributed by atoms with E-state index < -0.39 is 0 Å². The van der Waals surface area contributed by atoms with E-state index in [2.05, 4.69) is 5.32 Å². The summed E-state index contributed by atoms with van der Waals surface area (Å²) in [6, 6.07) is 4.93. The normalized spacial score (nSPS) is 15.8. The van der Waals surface area contributed by atoms with Crippen molar-refractivity contribution in [3.63, 3.8) is 0 Å².